The number of carboxylic acid groups (broad SMARTS) is 1. The SMILES string of the molecule is O=C(O)C[C@H](c1ccc2c(c1)OC(c1ccc(-c3ccc4occc4n3)cc1F)CC2)C1CC1. The van der Waals surface area contributed by atoms with Crippen molar-refractivity contribution in [2.75, 3.05) is 0 Å². The van der Waals surface area contributed by atoms with E-state index < -0.39 is 5.97 Å². The highest BCUT2D eigenvalue weighted by atomic mass is 19.1. The molecule has 1 aliphatic carbocycles. The monoisotopic (exact) mass is 457 g/mol. The van der Waals surface area contributed by atoms with Crippen LogP contribution in [0.3, 0.4) is 0 Å². The van der Waals surface area contributed by atoms with Gasteiger partial charge in [0.2, 0.25) is 0 Å². The fraction of sp³-hybridized carbons (Fsp3) is 0.286. The predicted molar refractivity (Wildman–Crippen MR) is 125 cm³/mol. The van der Waals surface area contributed by atoms with Gasteiger partial charge in [0, 0.05) is 17.2 Å². The van der Waals surface area contributed by atoms with Gasteiger partial charge in [-0.15, -0.1) is 0 Å². The van der Waals surface area contributed by atoms with Crippen molar-refractivity contribution in [2.24, 2.45) is 5.92 Å². The van der Waals surface area contributed by atoms with E-state index in [2.05, 4.69) is 4.98 Å². The molecule has 0 radical (unpaired) electrons. The molecule has 0 amide bonds. The zero-order valence-corrected chi connectivity index (χ0v) is 18.5. The van der Waals surface area contributed by atoms with Crippen molar-refractivity contribution in [2.45, 2.75) is 44.1 Å². The molecule has 0 spiro atoms. The fourth-order valence-electron chi connectivity index (χ4n) is 5.04. The number of hydrogen-bond donors (Lipinski definition) is 1. The predicted octanol–water partition coefficient (Wildman–Crippen LogP) is 6.67. The summed E-state index contributed by atoms with van der Waals surface area (Å²) in [5.74, 6) is 0.0616. The lowest BCUT2D eigenvalue weighted by Crippen LogP contribution is -2.17. The van der Waals surface area contributed by atoms with Gasteiger partial charge in [0.15, 0.2) is 5.58 Å². The van der Waals surface area contributed by atoms with Crippen molar-refractivity contribution in [1.82, 2.24) is 4.98 Å². The minimum absolute atomic E-state index is 0.00265. The largest absolute Gasteiger partial charge is 0.485 e. The number of nitrogens with zero attached hydrogens (tertiary/aromatic N) is 1. The number of fused-ring (bicyclic) bond motifs is 2. The van der Waals surface area contributed by atoms with Gasteiger partial charge in [-0.2, -0.15) is 0 Å². The summed E-state index contributed by atoms with van der Waals surface area (Å²) in [7, 11) is 0. The van der Waals surface area contributed by atoms with Crippen LogP contribution in [-0.2, 0) is 11.2 Å². The summed E-state index contributed by atoms with van der Waals surface area (Å²) in [6.45, 7) is 0. The molecule has 4 aromatic rings. The van der Waals surface area contributed by atoms with Crippen molar-refractivity contribution in [3.63, 3.8) is 0 Å². The molecule has 0 bridgehead atoms. The van der Waals surface area contributed by atoms with Crippen molar-refractivity contribution in [3.8, 4) is 17.0 Å². The number of furan rings is 1. The van der Waals surface area contributed by atoms with Gasteiger partial charge < -0.3 is 14.3 Å². The first-order valence-corrected chi connectivity index (χ1v) is 11.7. The number of benzene rings is 2. The molecule has 2 aromatic carbocycles. The van der Waals surface area contributed by atoms with Gasteiger partial charge in [0.1, 0.15) is 23.2 Å². The third kappa shape index (κ3) is 3.94. The van der Waals surface area contributed by atoms with Gasteiger partial charge in [-0.3, -0.25) is 4.79 Å². The Morgan fingerprint density at radius 1 is 1.09 bits per heavy atom. The van der Waals surface area contributed by atoms with Crippen LogP contribution < -0.4 is 4.74 Å². The number of pyridine rings is 1. The molecule has 3 heterocycles. The maximum absolute atomic E-state index is 15.2. The molecule has 2 aromatic heterocycles. The molecule has 0 saturated heterocycles. The summed E-state index contributed by atoms with van der Waals surface area (Å²) in [4.78, 5) is 15.9. The zero-order valence-electron chi connectivity index (χ0n) is 18.5. The average Bonchev–Trinajstić information content (AvgIpc) is 3.57. The highest BCUT2D eigenvalue weighted by Crippen LogP contribution is 2.46. The minimum atomic E-state index is -0.781. The second-order valence-corrected chi connectivity index (χ2v) is 9.29. The number of aliphatic carboxylic acids is 1. The molecule has 6 rings (SSSR count). The molecular formula is C28H24FNO4. The first-order valence-electron chi connectivity index (χ1n) is 11.7. The maximum Gasteiger partial charge on any atom is 0.303 e. The van der Waals surface area contributed by atoms with E-state index in [1.165, 1.54) is 6.07 Å². The van der Waals surface area contributed by atoms with Crippen molar-refractivity contribution in [3.05, 3.63) is 83.4 Å². The number of hydrogen-bond acceptors (Lipinski definition) is 4. The molecule has 6 heteroatoms. The Kier molecular flexibility index (Phi) is 5.09. The number of rotatable bonds is 6. The van der Waals surface area contributed by atoms with Gasteiger partial charge in [0.05, 0.1) is 18.4 Å². The average molecular weight is 458 g/mol. The highest BCUT2D eigenvalue weighted by molar-refractivity contribution is 5.76. The molecule has 2 atom stereocenters. The van der Waals surface area contributed by atoms with Crippen LogP contribution in [0.2, 0.25) is 0 Å². The summed E-state index contributed by atoms with van der Waals surface area (Å²) in [6, 6.07) is 16.7. The van der Waals surface area contributed by atoms with Crippen LogP contribution in [0.25, 0.3) is 22.4 Å². The Labute approximate surface area is 196 Å². The summed E-state index contributed by atoms with van der Waals surface area (Å²) < 4.78 is 26.8. The van der Waals surface area contributed by atoms with E-state index in [0.717, 1.165) is 41.7 Å². The highest BCUT2D eigenvalue weighted by Gasteiger charge is 2.34. The summed E-state index contributed by atoms with van der Waals surface area (Å²) in [5, 5.41) is 9.35. The molecule has 2 aliphatic rings. The molecule has 1 N–H and O–H groups in total. The Morgan fingerprint density at radius 2 is 1.97 bits per heavy atom. The van der Waals surface area contributed by atoms with Gasteiger partial charge in [-0.1, -0.05) is 24.3 Å². The van der Waals surface area contributed by atoms with Crippen LogP contribution in [0, 0.1) is 11.7 Å². The second-order valence-electron chi connectivity index (χ2n) is 9.29. The van der Waals surface area contributed by atoms with Crippen LogP contribution in [-0.4, -0.2) is 16.1 Å². The molecule has 172 valence electrons. The van der Waals surface area contributed by atoms with Gasteiger partial charge in [-0.05, 0) is 72.9 Å². The van der Waals surface area contributed by atoms with Crippen LogP contribution >= 0.6 is 0 Å². The van der Waals surface area contributed by atoms with E-state index in [-0.39, 0.29) is 24.3 Å². The molecule has 1 saturated carbocycles. The van der Waals surface area contributed by atoms with E-state index in [4.69, 9.17) is 9.15 Å². The quantitative estimate of drug-likeness (QED) is 0.350. The number of carboxylic acids is 1. The van der Waals surface area contributed by atoms with E-state index >= 15 is 4.39 Å². The smallest absolute Gasteiger partial charge is 0.303 e. The van der Waals surface area contributed by atoms with Crippen molar-refractivity contribution >= 4 is 17.1 Å². The van der Waals surface area contributed by atoms with Crippen LogP contribution in [0.15, 0.2) is 65.3 Å². The lowest BCUT2D eigenvalue weighted by molar-refractivity contribution is -0.137. The van der Waals surface area contributed by atoms with Crippen LogP contribution in [0.4, 0.5) is 4.39 Å². The molecular weight excluding hydrogens is 433 g/mol. The number of ether oxygens (including phenoxy) is 1. The Balaban J connectivity index is 1.26. The number of carbonyl (C=O) groups is 1. The molecule has 1 aliphatic heterocycles. The van der Waals surface area contributed by atoms with E-state index in [9.17, 15) is 9.90 Å². The summed E-state index contributed by atoms with van der Waals surface area (Å²) in [5.41, 5.74) is 5.42. The standard InChI is InChI=1S/C28H24FNO4/c29-22-13-19(23-8-10-26-24(30-23)11-12-33-26)5-7-20(22)25-9-6-17-3-4-18(14-27(17)34-25)21(15-28(31)32)16-1-2-16/h3-5,7-8,10-14,16,21,25H,1-2,6,9,15H2,(H,31,32)/t21-,25?/m0/s1. The van der Waals surface area contributed by atoms with Crippen molar-refractivity contribution < 1.29 is 23.4 Å². The Bertz CT molecular complexity index is 1390. The lowest BCUT2D eigenvalue weighted by Gasteiger charge is -2.28. The zero-order chi connectivity index (χ0) is 23.2. The van der Waals surface area contributed by atoms with Gasteiger partial charge >= 0.3 is 5.97 Å². The Hall–Kier alpha value is -3.67. The van der Waals surface area contributed by atoms with E-state index in [0.29, 0.717) is 34.7 Å². The van der Waals surface area contributed by atoms with Gasteiger partial charge in [0.25, 0.3) is 0 Å². The normalized spacial score (nSPS) is 18.3. The first kappa shape index (κ1) is 20.9. The lowest BCUT2D eigenvalue weighted by atomic mass is 9.88. The topological polar surface area (TPSA) is 72.6 Å². The summed E-state index contributed by atoms with van der Waals surface area (Å²) in [6.07, 6.45) is 4.93. The molecule has 1 fully saturated rings. The molecule has 5 nitrogen and oxygen atoms in total. The summed E-state index contributed by atoms with van der Waals surface area (Å²) >= 11 is 0. The first-order chi connectivity index (χ1) is 16.5. The fourth-order valence-corrected chi connectivity index (χ4v) is 5.04. The van der Waals surface area contributed by atoms with Crippen LogP contribution in [0.1, 0.15) is 54.4 Å². The molecule has 34 heavy (non-hydrogen) atoms. The maximum atomic E-state index is 15.2. The minimum Gasteiger partial charge on any atom is -0.485 e. The van der Waals surface area contributed by atoms with Crippen molar-refractivity contribution in [1.29, 1.82) is 0 Å². The van der Waals surface area contributed by atoms with E-state index in [1.54, 1.807) is 18.4 Å². The van der Waals surface area contributed by atoms with Gasteiger partial charge in [-0.25, -0.2) is 9.37 Å². The second kappa shape index (κ2) is 8.28. The number of halogens is 1. The third-order valence-electron chi connectivity index (χ3n) is 7.00. The molecule has 1 unspecified atom stereocenters. The van der Waals surface area contributed by atoms with Crippen LogP contribution in [0.5, 0.6) is 5.75 Å². The third-order valence-corrected chi connectivity index (χ3v) is 7.00. The van der Waals surface area contributed by atoms with E-state index in [1.807, 2.05) is 36.4 Å². The number of aromatic nitrogens is 1. The number of aryl methyl sites for hydroxylation is 1. The Morgan fingerprint density at radius 3 is 2.76 bits per heavy atom.